The average Bonchev–Trinajstić information content (AvgIpc) is 2.64. The van der Waals surface area contributed by atoms with Gasteiger partial charge < -0.3 is 9.47 Å². The predicted octanol–water partition coefficient (Wildman–Crippen LogP) is 8.21. The van der Waals surface area contributed by atoms with Gasteiger partial charge in [0.05, 0.1) is 0 Å². The molecule has 0 saturated heterocycles. The van der Waals surface area contributed by atoms with E-state index in [4.69, 9.17) is 9.47 Å². The van der Waals surface area contributed by atoms with Crippen LogP contribution in [0.25, 0.3) is 0 Å². The monoisotopic (exact) mass is 426 g/mol. The summed E-state index contributed by atoms with van der Waals surface area (Å²) in [5.41, 5.74) is 2.22. The zero-order valence-electron chi connectivity index (χ0n) is 21.2. The third-order valence-electron chi connectivity index (χ3n) is 8.29. The van der Waals surface area contributed by atoms with Gasteiger partial charge >= 0.3 is 0 Å². The van der Waals surface area contributed by atoms with Crippen molar-refractivity contribution in [3.63, 3.8) is 0 Å². The van der Waals surface area contributed by atoms with Crippen LogP contribution >= 0.6 is 0 Å². The maximum atomic E-state index is 6.64. The van der Waals surface area contributed by atoms with Gasteiger partial charge in [-0.25, -0.2) is 0 Å². The van der Waals surface area contributed by atoms with Gasteiger partial charge in [-0.3, -0.25) is 0 Å². The van der Waals surface area contributed by atoms with Crippen molar-refractivity contribution in [3.05, 3.63) is 29.8 Å². The standard InChI is InChI=1S/C29H46O2/c1-8-30-26(29-16-20-13-21(17-29)15-22(14-20)18-29)31-24-11-9-23(10-12-24)25(28(5,6)7)19-27(2,3)4/h9-12,20-22,25-26H,8,13-19H2,1-7H3. The quantitative estimate of drug-likeness (QED) is 0.409. The van der Waals surface area contributed by atoms with Crippen LogP contribution in [0.2, 0.25) is 0 Å². The molecular formula is C29H46O2. The van der Waals surface area contributed by atoms with Crippen LogP contribution in [-0.2, 0) is 4.74 Å². The van der Waals surface area contributed by atoms with E-state index in [0.29, 0.717) is 11.3 Å². The fourth-order valence-electron chi connectivity index (χ4n) is 7.39. The molecule has 2 heteroatoms. The lowest BCUT2D eigenvalue weighted by molar-refractivity contribution is -0.213. The molecule has 31 heavy (non-hydrogen) atoms. The first-order valence-electron chi connectivity index (χ1n) is 12.9. The molecule has 2 nitrogen and oxygen atoms in total. The van der Waals surface area contributed by atoms with Crippen molar-refractivity contribution in [1.29, 1.82) is 0 Å². The highest BCUT2D eigenvalue weighted by Gasteiger charge is 2.55. The molecule has 1 aromatic carbocycles. The van der Waals surface area contributed by atoms with E-state index in [1.165, 1.54) is 50.5 Å². The second kappa shape index (κ2) is 8.40. The first-order chi connectivity index (χ1) is 14.5. The molecule has 0 aromatic heterocycles. The third kappa shape index (κ3) is 5.15. The van der Waals surface area contributed by atoms with Gasteiger partial charge in [0.2, 0.25) is 6.29 Å². The van der Waals surface area contributed by atoms with E-state index < -0.39 is 0 Å². The van der Waals surface area contributed by atoms with Crippen LogP contribution in [0.1, 0.15) is 105 Å². The first kappa shape index (κ1) is 23.1. The summed E-state index contributed by atoms with van der Waals surface area (Å²) in [6.07, 6.45) is 9.37. The second-order valence-corrected chi connectivity index (χ2v) is 13.4. The Morgan fingerprint density at radius 1 is 0.871 bits per heavy atom. The molecule has 2 unspecified atom stereocenters. The molecule has 4 aliphatic rings. The Kier molecular flexibility index (Phi) is 6.27. The predicted molar refractivity (Wildman–Crippen MR) is 129 cm³/mol. The summed E-state index contributed by atoms with van der Waals surface area (Å²) in [6.45, 7) is 17.0. The van der Waals surface area contributed by atoms with E-state index >= 15 is 0 Å². The van der Waals surface area contributed by atoms with Gasteiger partial charge in [-0.1, -0.05) is 53.7 Å². The summed E-state index contributed by atoms with van der Waals surface area (Å²) in [7, 11) is 0. The lowest BCUT2D eigenvalue weighted by Crippen LogP contribution is -2.54. The Balaban J connectivity index is 1.51. The fourth-order valence-corrected chi connectivity index (χ4v) is 7.39. The minimum Gasteiger partial charge on any atom is -0.464 e. The van der Waals surface area contributed by atoms with Crippen molar-refractivity contribution >= 4 is 0 Å². The fraction of sp³-hybridized carbons (Fsp3) is 0.793. The van der Waals surface area contributed by atoms with Crippen molar-refractivity contribution in [1.82, 2.24) is 0 Å². The SMILES string of the molecule is CCOC(Oc1ccc(C(CC(C)(C)C)C(C)(C)C)cc1)C12CC3CC(CC(C3)C1)C2. The van der Waals surface area contributed by atoms with E-state index in [0.717, 1.165) is 30.1 Å². The maximum Gasteiger partial charge on any atom is 0.205 e. The molecule has 0 radical (unpaired) electrons. The highest BCUT2D eigenvalue weighted by Crippen LogP contribution is 2.62. The van der Waals surface area contributed by atoms with Gasteiger partial charge in [0.15, 0.2) is 0 Å². The summed E-state index contributed by atoms with van der Waals surface area (Å²) >= 11 is 0. The van der Waals surface area contributed by atoms with Gasteiger partial charge in [-0.05, 0) is 104 Å². The zero-order valence-corrected chi connectivity index (χ0v) is 21.2. The number of benzene rings is 1. The molecule has 174 valence electrons. The van der Waals surface area contributed by atoms with Crippen molar-refractivity contribution in [3.8, 4) is 5.75 Å². The first-order valence-corrected chi connectivity index (χ1v) is 12.9. The molecule has 4 bridgehead atoms. The Morgan fingerprint density at radius 3 is 1.81 bits per heavy atom. The third-order valence-corrected chi connectivity index (χ3v) is 8.29. The zero-order chi connectivity index (χ0) is 22.4. The molecule has 0 N–H and O–H groups in total. The van der Waals surface area contributed by atoms with Crippen LogP contribution in [0, 0.1) is 34.0 Å². The summed E-state index contributed by atoms with van der Waals surface area (Å²) in [5.74, 6) is 4.23. The molecule has 0 spiro atoms. The van der Waals surface area contributed by atoms with Crippen LogP contribution in [-0.4, -0.2) is 12.9 Å². The van der Waals surface area contributed by atoms with Crippen molar-refractivity contribution in [2.75, 3.05) is 6.61 Å². The van der Waals surface area contributed by atoms with Crippen molar-refractivity contribution < 1.29 is 9.47 Å². The van der Waals surface area contributed by atoms with E-state index in [-0.39, 0.29) is 17.1 Å². The van der Waals surface area contributed by atoms with Gasteiger partial charge in [0, 0.05) is 12.0 Å². The Bertz CT molecular complexity index is 698. The van der Waals surface area contributed by atoms with Gasteiger partial charge in [-0.15, -0.1) is 0 Å². The second-order valence-electron chi connectivity index (χ2n) is 13.4. The molecule has 0 aliphatic heterocycles. The van der Waals surface area contributed by atoms with E-state index in [1.54, 1.807) is 0 Å². The van der Waals surface area contributed by atoms with E-state index in [1.807, 2.05) is 0 Å². The molecule has 1 aromatic rings. The summed E-state index contributed by atoms with van der Waals surface area (Å²) < 4.78 is 12.9. The Morgan fingerprint density at radius 2 is 1.39 bits per heavy atom. The van der Waals surface area contributed by atoms with Crippen molar-refractivity contribution in [2.45, 2.75) is 106 Å². The molecular weight excluding hydrogens is 380 g/mol. The van der Waals surface area contributed by atoms with Crippen LogP contribution in [0.4, 0.5) is 0 Å². The van der Waals surface area contributed by atoms with Crippen LogP contribution in [0.15, 0.2) is 24.3 Å². The minimum absolute atomic E-state index is 0.0928. The average molecular weight is 427 g/mol. The van der Waals surface area contributed by atoms with Gasteiger partial charge in [-0.2, -0.15) is 0 Å². The highest BCUT2D eigenvalue weighted by molar-refractivity contribution is 5.31. The lowest BCUT2D eigenvalue weighted by Gasteiger charge is -2.58. The Labute approximate surface area is 191 Å². The number of hydrogen-bond acceptors (Lipinski definition) is 2. The molecule has 5 rings (SSSR count). The molecule has 4 fully saturated rings. The van der Waals surface area contributed by atoms with E-state index in [9.17, 15) is 0 Å². The molecule has 4 saturated carbocycles. The summed E-state index contributed by atoms with van der Waals surface area (Å²) in [5, 5.41) is 0. The van der Waals surface area contributed by atoms with Crippen LogP contribution in [0.3, 0.4) is 0 Å². The molecule has 4 aliphatic carbocycles. The smallest absolute Gasteiger partial charge is 0.205 e. The van der Waals surface area contributed by atoms with Crippen LogP contribution in [0.5, 0.6) is 5.75 Å². The lowest BCUT2D eigenvalue weighted by atomic mass is 9.49. The topological polar surface area (TPSA) is 18.5 Å². The molecule has 2 atom stereocenters. The number of ether oxygens (including phenoxy) is 2. The van der Waals surface area contributed by atoms with E-state index in [2.05, 4.69) is 72.7 Å². The highest BCUT2D eigenvalue weighted by atomic mass is 16.7. The summed E-state index contributed by atoms with van der Waals surface area (Å²) in [6, 6.07) is 9.01. The van der Waals surface area contributed by atoms with Crippen LogP contribution < -0.4 is 4.74 Å². The van der Waals surface area contributed by atoms with Gasteiger partial charge in [0.1, 0.15) is 5.75 Å². The minimum atomic E-state index is -0.0928. The molecule has 0 heterocycles. The largest absolute Gasteiger partial charge is 0.464 e. The molecule has 0 amide bonds. The van der Waals surface area contributed by atoms with Crippen molar-refractivity contribution in [2.24, 2.45) is 34.0 Å². The summed E-state index contributed by atoms with van der Waals surface area (Å²) in [4.78, 5) is 0. The normalized spacial score (nSPS) is 32.2. The maximum absolute atomic E-state index is 6.64. The Hall–Kier alpha value is -1.02. The number of hydrogen-bond donors (Lipinski definition) is 0. The van der Waals surface area contributed by atoms with Gasteiger partial charge in [0.25, 0.3) is 0 Å². The number of rotatable bonds is 7.